The van der Waals surface area contributed by atoms with Gasteiger partial charge in [-0.05, 0) is 43.5 Å². The lowest BCUT2D eigenvalue weighted by molar-refractivity contribution is -0.140. The summed E-state index contributed by atoms with van der Waals surface area (Å²) in [7, 11) is 3.02. The highest BCUT2D eigenvalue weighted by Crippen LogP contribution is 2.37. The Morgan fingerprint density at radius 3 is 2.57 bits per heavy atom. The van der Waals surface area contributed by atoms with Gasteiger partial charge in [0, 0.05) is 29.3 Å². The van der Waals surface area contributed by atoms with Crippen molar-refractivity contribution in [1.29, 1.82) is 0 Å². The van der Waals surface area contributed by atoms with Crippen LogP contribution in [0.2, 0.25) is 0 Å². The number of rotatable bonds is 7. The fourth-order valence-corrected chi connectivity index (χ4v) is 4.78. The van der Waals surface area contributed by atoms with Gasteiger partial charge in [-0.15, -0.1) is 11.3 Å². The molecule has 0 radical (unpaired) electrons. The molecular formula is C23H28N2O4S. The standard InChI is InChI=1S/C23H28N2O4S/c1-13(2)21-24-22-20(23(27)25(21)11-7-8-18(26)29-6)19(15(4)30-22)16-9-10-17(28-5)14(3)12-16/h9-10,12-13H,7-8,11H2,1-6H3. The van der Waals surface area contributed by atoms with Gasteiger partial charge in [-0.1, -0.05) is 19.9 Å². The maximum absolute atomic E-state index is 13.6. The molecule has 7 heteroatoms. The lowest BCUT2D eigenvalue weighted by Crippen LogP contribution is -2.26. The maximum Gasteiger partial charge on any atom is 0.305 e. The van der Waals surface area contributed by atoms with E-state index < -0.39 is 0 Å². The van der Waals surface area contributed by atoms with E-state index in [-0.39, 0.29) is 23.9 Å². The van der Waals surface area contributed by atoms with Crippen molar-refractivity contribution in [3.63, 3.8) is 0 Å². The molecule has 0 spiro atoms. The number of hydrogen-bond donors (Lipinski definition) is 0. The molecule has 0 saturated heterocycles. The molecule has 0 fully saturated rings. The number of nitrogens with zero attached hydrogens (tertiary/aromatic N) is 2. The topological polar surface area (TPSA) is 70.4 Å². The second kappa shape index (κ2) is 9.00. The van der Waals surface area contributed by atoms with Crippen molar-refractivity contribution >= 4 is 27.5 Å². The summed E-state index contributed by atoms with van der Waals surface area (Å²) in [6, 6.07) is 5.96. The quantitative estimate of drug-likeness (QED) is 0.504. The van der Waals surface area contributed by atoms with Crippen molar-refractivity contribution in [2.24, 2.45) is 0 Å². The Morgan fingerprint density at radius 1 is 1.23 bits per heavy atom. The Kier molecular flexibility index (Phi) is 6.61. The molecule has 3 rings (SSSR count). The number of esters is 1. The predicted octanol–water partition coefficient (Wildman–Crippen LogP) is 4.83. The molecule has 0 aliphatic heterocycles. The van der Waals surface area contributed by atoms with Crippen molar-refractivity contribution in [3.8, 4) is 16.9 Å². The van der Waals surface area contributed by atoms with Crippen molar-refractivity contribution in [1.82, 2.24) is 9.55 Å². The van der Waals surface area contributed by atoms with Gasteiger partial charge in [0.25, 0.3) is 5.56 Å². The van der Waals surface area contributed by atoms with Crippen molar-refractivity contribution in [2.75, 3.05) is 14.2 Å². The predicted molar refractivity (Wildman–Crippen MR) is 121 cm³/mol. The Hall–Kier alpha value is -2.67. The molecule has 2 heterocycles. The number of benzene rings is 1. The van der Waals surface area contributed by atoms with Gasteiger partial charge in [-0.2, -0.15) is 0 Å². The zero-order valence-corrected chi connectivity index (χ0v) is 19.2. The highest BCUT2D eigenvalue weighted by atomic mass is 32.1. The average molecular weight is 429 g/mol. The Balaban J connectivity index is 2.17. The highest BCUT2D eigenvalue weighted by molar-refractivity contribution is 7.19. The molecule has 0 saturated carbocycles. The maximum atomic E-state index is 13.6. The second-order valence-corrected chi connectivity index (χ2v) is 8.86. The van der Waals surface area contributed by atoms with Crippen LogP contribution in [0.4, 0.5) is 0 Å². The van der Waals surface area contributed by atoms with Gasteiger partial charge in [0.1, 0.15) is 16.4 Å². The molecule has 0 aliphatic rings. The summed E-state index contributed by atoms with van der Waals surface area (Å²) in [5, 5.41) is 0.643. The number of methoxy groups -OCH3 is 2. The van der Waals surface area contributed by atoms with Gasteiger partial charge in [0.15, 0.2) is 0 Å². The number of ether oxygens (including phenoxy) is 2. The minimum absolute atomic E-state index is 0.0543. The average Bonchev–Trinajstić information content (AvgIpc) is 3.05. The molecule has 6 nitrogen and oxygen atoms in total. The van der Waals surface area contributed by atoms with E-state index in [0.29, 0.717) is 18.4 Å². The summed E-state index contributed by atoms with van der Waals surface area (Å²) >= 11 is 1.55. The van der Waals surface area contributed by atoms with Crippen molar-refractivity contribution < 1.29 is 14.3 Å². The van der Waals surface area contributed by atoms with E-state index in [0.717, 1.165) is 38.0 Å². The van der Waals surface area contributed by atoms with E-state index in [1.165, 1.54) is 7.11 Å². The first-order valence-corrected chi connectivity index (χ1v) is 10.9. The van der Waals surface area contributed by atoms with Crippen LogP contribution in [0, 0.1) is 13.8 Å². The summed E-state index contributed by atoms with van der Waals surface area (Å²) in [5.41, 5.74) is 2.87. The van der Waals surface area contributed by atoms with Crippen molar-refractivity contribution in [2.45, 2.75) is 53.0 Å². The minimum atomic E-state index is -0.274. The smallest absolute Gasteiger partial charge is 0.305 e. The fourth-order valence-electron chi connectivity index (χ4n) is 3.73. The van der Waals surface area contributed by atoms with Gasteiger partial charge in [-0.25, -0.2) is 4.98 Å². The molecule has 0 amide bonds. The Morgan fingerprint density at radius 2 is 1.97 bits per heavy atom. The number of thiophene rings is 1. The first kappa shape index (κ1) is 22.0. The number of carbonyl (C=O) groups excluding carboxylic acids is 1. The van der Waals surface area contributed by atoms with E-state index >= 15 is 0 Å². The molecule has 30 heavy (non-hydrogen) atoms. The lowest BCUT2D eigenvalue weighted by Gasteiger charge is -2.15. The normalized spacial score (nSPS) is 11.3. The molecule has 2 aromatic heterocycles. The van der Waals surface area contributed by atoms with Crippen LogP contribution in [0.5, 0.6) is 5.75 Å². The van der Waals surface area contributed by atoms with Gasteiger partial charge < -0.3 is 9.47 Å². The van der Waals surface area contributed by atoms with Gasteiger partial charge in [-0.3, -0.25) is 14.2 Å². The summed E-state index contributed by atoms with van der Waals surface area (Å²) in [4.78, 5) is 31.8. The van der Waals surface area contributed by atoms with Crippen LogP contribution < -0.4 is 10.3 Å². The molecule has 0 bridgehead atoms. The van der Waals surface area contributed by atoms with E-state index in [1.54, 1.807) is 23.0 Å². The molecule has 0 aliphatic carbocycles. The molecule has 0 unspecified atom stereocenters. The van der Waals surface area contributed by atoms with Crippen molar-refractivity contribution in [3.05, 3.63) is 44.8 Å². The number of carbonyl (C=O) groups is 1. The molecule has 3 aromatic rings. The number of aromatic nitrogens is 2. The summed E-state index contributed by atoms with van der Waals surface area (Å²) in [6.45, 7) is 8.50. The SMILES string of the molecule is COC(=O)CCCn1c(C(C)C)nc2sc(C)c(-c3ccc(OC)c(C)c3)c2c1=O. The third-order valence-electron chi connectivity index (χ3n) is 5.21. The van der Waals surface area contributed by atoms with Crippen LogP contribution >= 0.6 is 11.3 Å². The van der Waals surface area contributed by atoms with E-state index in [1.807, 2.05) is 45.9 Å². The van der Waals surface area contributed by atoms with Crippen LogP contribution in [-0.4, -0.2) is 29.7 Å². The first-order chi connectivity index (χ1) is 14.3. The summed E-state index contributed by atoms with van der Waals surface area (Å²) in [5.74, 6) is 1.38. The molecule has 160 valence electrons. The van der Waals surface area contributed by atoms with Crippen LogP contribution in [0.25, 0.3) is 21.3 Å². The third-order valence-corrected chi connectivity index (χ3v) is 6.21. The van der Waals surface area contributed by atoms with E-state index in [9.17, 15) is 9.59 Å². The summed E-state index contributed by atoms with van der Waals surface area (Å²) in [6.07, 6.45) is 0.797. The Bertz CT molecular complexity index is 1140. The highest BCUT2D eigenvalue weighted by Gasteiger charge is 2.21. The van der Waals surface area contributed by atoms with Gasteiger partial charge in [0.2, 0.25) is 0 Å². The molecule has 0 atom stereocenters. The lowest BCUT2D eigenvalue weighted by atomic mass is 10.0. The number of fused-ring (bicyclic) bond motifs is 1. The minimum Gasteiger partial charge on any atom is -0.496 e. The number of hydrogen-bond acceptors (Lipinski definition) is 6. The zero-order valence-electron chi connectivity index (χ0n) is 18.4. The number of aryl methyl sites for hydroxylation is 2. The molecule has 1 aromatic carbocycles. The van der Waals surface area contributed by atoms with Crippen LogP contribution in [0.1, 0.15) is 48.9 Å². The van der Waals surface area contributed by atoms with Gasteiger partial charge in [0.05, 0.1) is 19.6 Å². The molecule has 0 N–H and O–H groups in total. The van der Waals surface area contributed by atoms with Gasteiger partial charge >= 0.3 is 5.97 Å². The van der Waals surface area contributed by atoms with E-state index in [4.69, 9.17) is 14.5 Å². The Labute approximate surface area is 180 Å². The van der Waals surface area contributed by atoms with Crippen LogP contribution in [0.15, 0.2) is 23.0 Å². The largest absolute Gasteiger partial charge is 0.496 e. The van der Waals surface area contributed by atoms with Crippen LogP contribution in [0.3, 0.4) is 0 Å². The molecular weight excluding hydrogens is 400 g/mol. The third kappa shape index (κ3) is 4.12. The first-order valence-electron chi connectivity index (χ1n) is 10.0. The monoisotopic (exact) mass is 428 g/mol. The fraction of sp³-hybridized carbons (Fsp3) is 0.435. The summed E-state index contributed by atoms with van der Waals surface area (Å²) < 4.78 is 11.8. The van der Waals surface area contributed by atoms with Crippen LogP contribution in [-0.2, 0) is 16.1 Å². The van der Waals surface area contributed by atoms with E-state index in [2.05, 4.69) is 0 Å². The zero-order chi connectivity index (χ0) is 22.0. The second-order valence-electron chi connectivity index (χ2n) is 7.66.